The van der Waals surface area contributed by atoms with Crippen molar-refractivity contribution in [1.29, 1.82) is 0 Å². The molecule has 0 saturated carbocycles. The Hall–Kier alpha value is -0.560. The zero-order chi connectivity index (χ0) is 15.7. The van der Waals surface area contributed by atoms with Gasteiger partial charge in [-0.25, -0.2) is 0 Å². The van der Waals surface area contributed by atoms with E-state index in [0.29, 0.717) is 35.4 Å². The molecule has 2 atom stereocenters. The van der Waals surface area contributed by atoms with Crippen LogP contribution in [0.5, 0.6) is 5.75 Å². The molecule has 7 heteroatoms. The van der Waals surface area contributed by atoms with Gasteiger partial charge in [0.1, 0.15) is 18.5 Å². The van der Waals surface area contributed by atoms with Gasteiger partial charge in [0.05, 0.1) is 11.6 Å². The zero-order valence-electron chi connectivity index (χ0n) is 11.9. The molecule has 0 heterocycles. The fourth-order valence-corrected chi connectivity index (χ4v) is 2.20. The fourth-order valence-electron chi connectivity index (χ4n) is 1.74. The Kier molecular flexibility index (Phi) is 8.99. The number of aliphatic hydroxyl groups is 2. The van der Waals surface area contributed by atoms with E-state index in [4.69, 9.17) is 37.8 Å². The third-order valence-electron chi connectivity index (χ3n) is 2.81. The maximum atomic E-state index is 9.88. The Morgan fingerprint density at radius 2 is 2.05 bits per heavy atom. The van der Waals surface area contributed by atoms with Crippen molar-refractivity contribution in [3.05, 3.63) is 28.2 Å². The molecule has 5 nitrogen and oxygen atoms in total. The highest BCUT2D eigenvalue weighted by atomic mass is 35.5. The molecule has 0 saturated heterocycles. The molecule has 0 aliphatic carbocycles. The number of hydrogen-bond acceptors (Lipinski definition) is 5. The van der Waals surface area contributed by atoms with E-state index in [1.807, 2.05) is 0 Å². The number of halogens is 2. The van der Waals surface area contributed by atoms with Crippen LogP contribution in [0.1, 0.15) is 6.42 Å². The molecular formula is C14H21Cl2NO4. The Labute approximate surface area is 134 Å². The molecule has 120 valence electrons. The fraction of sp³-hybridized carbons (Fsp3) is 0.571. The predicted molar refractivity (Wildman–Crippen MR) is 83.3 cm³/mol. The Balaban J connectivity index is 2.34. The molecular weight excluding hydrogens is 317 g/mol. The van der Waals surface area contributed by atoms with E-state index in [1.165, 1.54) is 0 Å². The van der Waals surface area contributed by atoms with Gasteiger partial charge in [-0.05, 0) is 24.6 Å². The Morgan fingerprint density at radius 3 is 2.67 bits per heavy atom. The van der Waals surface area contributed by atoms with Crippen molar-refractivity contribution in [3.8, 4) is 5.75 Å². The summed E-state index contributed by atoms with van der Waals surface area (Å²) < 4.78 is 10.5. The van der Waals surface area contributed by atoms with E-state index >= 15 is 0 Å². The molecule has 0 spiro atoms. The number of benzene rings is 1. The molecule has 0 aromatic heterocycles. The van der Waals surface area contributed by atoms with Crippen molar-refractivity contribution in [2.45, 2.75) is 18.6 Å². The molecule has 3 N–H and O–H groups in total. The normalized spacial score (nSPS) is 14.0. The van der Waals surface area contributed by atoms with E-state index in [9.17, 15) is 5.11 Å². The number of aliphatic hydroxyl groups excluding tert-OH is 2. The van der Waals surface area contributed by atoms with Gasteiger partial charge in [0.25, 0.3) is 0 Å². The smallest absolute Gasteiger partial charge is 0.138 e. The highest BCUT2D eigenvalue weighted by Crippen LogP contribution is 2.27. The van der Waals surface area contributed by atoms with Gasteiger partial charge in [-0.1, -0.05) is 23.2 Å². The van der Waals surface area contributed by atoms with Crippen molar-refractivity contribution >= 4 is 23.2 Å². The molecule has 0 aliphatic heterocycles. The largest absolute Gasteiger partial charge is 0.489 e. The first-order valence-electron chi connectivity index (χ1n) is 6.66. The Morgan fingerprint density at radius 1 is 1.29 bits per heavy atom. The van der Waals surface area contributed by atoms with Crippen LogP contribution in [0.15, 0.2) is 18.2 Å². The lowest BCUT2D eigenvalue weighted by atomic mass is 10.2. The van der Waals surface area contributed by atoms with Crippen LogP contribution in [-0.2, 0) is 4.74 Å². The average Bonchev–Trinajstić information content (AvgIpc) is 2.44. The highest BCUT2D eigenvalue weighted by Gasteiger charge is 2.12. The van der Waals surface area contributed by atoms with Gasteiger partial charge in [-0.2, -0.15) is 0 Å². The van der Waals surface area contributed by atoms with E-state index in [2.05, 4.69) is 5.32 Å². The molecule has 0 bridgehead atoms. The van der Waals surface area contributed by atoms with Gasteiger partial charge in [0, 0.05) is 31.3 Å². The van der Waals surface area contributed by atoms with Crippen LogP contribution in [-0.4, -0.2) is 55.8 Å². The summed E-state index contributed by atoms with van der Waals surface area (Å²) in [6.45, 7) is 0.970. The quantitative estimate of drug-likeness (QED) is 0.606. The number of rotatable bonds is 10. The summed E-state index contributed by atoms with van der Waals surface area (Å²) in [5.41, 5.74) is 0. The third kappa shape index (κ3) is 7.31. The van der Waals surface area contributed by atoms with E-state index < -0.39 is 6.10 Å². The monoisotopic (exact) mass is 337 g/mol. The van der Waals surface area contributed by atoms with Crippen LogP contribution in [0.25, 0.3) is 0 Å². The lowest BCUT2D eigenvalue weighted by molar-refractivity contribution is 0.0920. The van der Waals surface area contributed by atoms with Crippen molar-refractivity contribution < 1.29 is 19.7 Å². The minimum Gasteiger partial charge on any atom is -0.489 e. The third-order valence-corrected chi connectivity index (χ3v) is 3.34. The second-order valence-electron chi connectivity index (χ2n) is 4.61. The summed E-state index contributed by atoms with van der Waals surface area (Å²) >= 11 is 11.8. The average molecular weight is 338 g/mol. The first-order chi connectivity index (χ1) is 10.1. The Bertz CT molecular complexity index is 414. The van der Waals surface area contributed by atoms with Crippen LogP contribution in [0.3, 0.4) is 0 Å². The lowest BCUT2D eigenvalue weighted by Crippen LogP contribution is -2.40. The van der Waals surface area contributed by atoms with Crippen molar-refractivity contribution in [1.82, 2.24) is 5.32 Å². The summed E-state index contributed by atoms with van der Waals surface area (Å²) in [4.78, 5) is 0. The molecule has 21 heavy (non-hydrogen) atoms. The molecule has 1 aromatic carbocycles. The number of hydrogen-bond donors (Lipinski definition) is 3. The van der Waals surface area contributed by atoms with Crippen LogP contribution in [0, 0.1) is 0 Å². The lowest BCUT2D eigenvalue weighted by Gasteiger charge is -2.19. The molecule has 0 radical (unpaired) electrons. The standard InChI is InChI=1S/C14H21Cl2NO4/c1-20-8-11(4-5-18)17-7-12(19)9-21-14-3-2-10(15)6-13(14)16/h2-3,6,11-12,17-19H,4-5,7-9H2,1H3. The zero-order valence-corrected chi connectivity index (χ0v) is 13.4. The van der Waals surface area contributed by atoms with E-state index in [-0.39, 0.29) is 19.3 Å². The summed E-state index contributed by atoms with van der Waals surface area (Å²) in [5, 5.41) is 22.9. The number of ether oxygens (including phenoxy) is 2. The molecule has 0 aliphatic rings. The molecule has 2 unspecified atom stereocenters. The van der Waals surface area contributed by atoms with Crippen LogP contribution in [0.4, 0.5) is 0 Å². The van der Waals surface area contributed by atoms with E-state index in [1.54, 1.807) is 25.3 Å². The molecule has 1 rings (SSSR count). The predicted octanol–water partition coefficient (Wildman–Crippen LogP) is 1.72. The maximum Gasteiger partial charge on any atom is 0.138 e. The van der Waals surface area contributed by atoms with Crippen molar-refractivity contribution in [2.24, 2.45) is 0 Å². The summed E-state index contributed by atoms with van der Waals surface area (Å²) in [6, 6.07) is 4.90. The molecule has 1 aromatic rings. The van der Waals surface area contributed by atoms with Crippen LogP contribution in [0.2, 0.25) is 10.0 Å². The number of nitrogens with one attached hydrogen (secondary N) is 1. The van der Waals surface area contributed by atoms with Crippen molar-refractivity contribution in [2.75, 3.05) is 33.5 Å². The summed E-state index contributed by atoms with van der Waals surface area (Å²) in [6.07, 6.45) is -0.139. The van der Waals surface area contributed by atoms with Gasteiger partial charge in [0.2, 0.25) is 0 Å². The van der Waals surface area contributed by atoms with Gasteiger partial charge >= 0.3 is 0 Å². The topological polar surface area (TPSA) is 71.0 Å². The van der Waals surface area contributed by atoms with E-state index in [0.717, 1.165) is 0 Å². The van der Waals surface area contributed by atoms with Gasteiger partial charge in [-0.15, -0.1) is 0 Å². The second-order valence-corrected chi connectivity index (χ2v) is 5.46. The van der Waals surface area contributed by atoms with Gasteiger partial charge in [-0.3, -0.25) is 0 Å². The second kappa shape index (κ2) is 10.2. The van der Waals surface area contributed by atoms with Gasteiger partial charge in [0.15, 0.2) is 0 Å². The number of methoxy groups -OCH3 is 1. The maximum absolute atomic E-state index is 9.88. The molecule has 0 fully saturated rings. The minimum absolute atomic E-state index is 0.00577. The van der Waals surface area contributed by atoms with Crippen molar-refractivity contribution in [3.63, 3.8) is 0 Å². The van der Waals surface area contributed by atoms with Gasteiger partial charge < -0.3 is 25.0 Å². The summed E-state index contributed by atoms with van der Waals surface area (Å²) in [7, 11) is 1.59. The van der Waals surface area contributed by atoms with Crippen LogP contribution < -0.4 is 10.1 Å². The first-order valence-corrected chi connectivity index (χ1v) is 7.41. The molecule has 0 amide bonds. The SMILES string of the molecule is COCC(CCO)NCC(O)COc1ccc(Cl)cc1Cl. The van der Waals surface area contributed by atoms with Crippen LogP contribution >= 0.6 is 23.2 Å². The first kappa shape index (κ1) is 18.5. The summed E-state index contributed by atoms with van der Waals surface area (Å²) in [5.74, 6) is 0.476. The highest BCUT2D eigenvalue weighted by molar-refractivity contribution is 6.35. The minimum atomic E-state index is -0.699.